The lowest BCUT2D eigenvalue weighted by atomic mass is 9.79. The first kappa shape index (κ1) is 19.5. The molecule has 1 atom stereocenters. The number of halogens is 1. The summed E-state index contributed by atoms with van der Waals surface area (Å²) in [7, 11) is 1.97. The quantitative estimate of drug-likeness (QED) is 0.717. The summed E-state index contributed by atoms with van der Waals surface area (Å²) in [5.74, 6) is -0.292. The van der Waals surface area contributed by atoms with Crippen LogP contribution >= 0.6 is 0 Å². The van der Waals surface area contributed by atoms with Crippen molar-refractivity contribution in [1.29, 1.82) is 0 Å². The summed E-state index contributed by atoms with van der Waals surface area (Å²) in [6, 6.07) is 12.5. The Hall–Kier alpha value is -1.78. The molecule has 1 heterocycles. The lowest BCUT2D eigenvalue weighted by Crippen LogP contribution is -2.28. The topological polar surface area (TPSA) is 37.0 Å². The van der Waals surface area contributed by atoms with Crippen molar-refractivity contribution >= 4 is 0 Å². The first-order chi connectivity index (χ1) is 11.9. The fraction of sp³-hybridized carbons (Fsp3) is 0.476. The molecular formula is C21H30FN3. The lowest BCUT2D eigenvalue weighted by molar-refractivity contribution is 0.403. The molecule has 0 radical (unpaired) electrons. The zero-order chi connectivity index (χ0) is 18.3. The minimum absolute atomic E-state index is 0.141. The van der Waals surface area contributed by atoms with Crippen LogP contribution in [0.2, 0.25) is 0 Å². The van der Waals surface area contributed by atoms with Gasteiger partial charge in [0.1, 0.15) is 5.82 Å². The van der Waals surface area contributed by atoms with E-state index >= 15 is 0 Å². The van der Waals surface area contributed by atoms with Gasteiger partial charge >= 0.3 is 0 Å². The maximum atomic E-state index is 12.9. The van der Waals surface area contributed by atoms with Crippen LogP contribution in [0.1, 0.15) is 50.4 Å². The highest BCUT2D eigenvalue weighted by Gasteiger charge is 2.21. The number of hydrogen-bond donors (Lipinski definition) is 2. The van der Waals surface area contributed by atoms with Gasteiger partial charge in [-0.3, -0.25) is 4.98 Å². The molecule has 1 aromatic carbocycles. The fourth-order valence-electron chi connectivity index (χ4n) is 2.89. The van der Waals surface area contributed by atoms with Crippen LogP contribution in [0.5, 0.6) is 0 Å². The molecule has 0 fully saturated rings. The van der Waals surface area contributed by atoms with E-state index in [1.54, 1.807) is 6.07 Å². The van der Waals surface area contributed by atoms with E-state index in [0.29, 0.717) is 12.6 Å². The van der Waals surface area contributed by atoms with Crippen molar-refractivity contribution in [3.05, 3.63) is 65.2 Å². The summed E-state index contributed by atoms with van der Waals surface area (Å²) in [6.07, 6.45) is 3.44. The number of benzene rings is 1. The number of hydrogen-bond acceptors (Lipinski definition) is 3. The van der Waals surface area contributed by atoms with E-state index in [4.69, 9.17) is 0 Å². The van der Waals surface area contributed by atoms with Gasteiger partial charge in [-0.25, -0.2) is 4.39 Å². The summed E-state index contributed by atoms with van der Waals surface area (Å²) in [5.41, 5.74) is 3.69. The molecular weight excluding hydrogens is 313 g/mol. The molecule has 0 amide bonds. The second kappa shape index (κ2) is 9.07. The second-order valence-electron chi connectivity index (χ2n) is 7.40. The minimum Gasteiger partial charge on any atom is -0.316 e. The third-order valence-corrected chi connectivity index (χ3v) is 4.74. The minimum atomic E-state index is -0.292. The van der Waals surface area contributed by atoms with Gasteiger partial charge in [0.15, 0.2) is 0 Å². The molecule has 1 aromatic heterocycles. The van der Waals surface area contributed by atoms with Crippen LogP contribution in [0.15, 0.2) is 42.6 Å². The van der Waals surface area contributed by atoms with Crippen molar-refractivity contribution in [3.63, 3.8) is 0 Å². The third kappa shape index (κ3) is 6.22. The zero-order valence-electron chi connectivity index (χ0n) is 15.8. The van der Waals surface area contributed by atoms with Crippen LogP contribution in [-0.2, 0) is 18.5 Å². The average Bonchev–Trinajstić information content (AvgIpc) is 2.60. The molecule has 2 aromatic rings. The molecule has 1 unspecified atom stereocenters. The van der Waals surface area contributed by atoms with E-state index in [0.717, 1.165) is 25.1 Å². The summed E-state index contributed by atoms with van der Waals surface area (Å²) < 4.78 is 12.9. The SMILES string of the molecule is CNCc1ccc(C(C)(C)CCC(C)NCc2ccc(F)cn2)cc1. The van der Waals surface area contributed by atoms with Gasteiger partial charge in [-0.1, -0.05) is 38.1 Å². The maximum Gasteiger partial charge on any atom is 0.141 e. The van der Waals surface area contributed by atoms with E-state index in [1.807, 2.05) is 7.05 Å². The molecule has 0 aliphatic carbocycles. The molecule has 4 heteroatoms. The van der Waals surface area contributed by atoms with E-state index in [1.165, 1.54) is 23.4 Å². The number of nitrogens with zero attached hydrogens (tertiary/aromatic N) is 1. The van der Waals surface area contributed by atoms with Gasteiger partial charge in [-0.15, -0.1) is 0 Å². The van der Waals surface area contributed by atoms with Crippen molar-refractivity contribution in [1.82, 2.24) is 15.6 Å². The molecule has 0 aliphatic heterocycles. The predicted octanol–water partition coefficient (Wildman–Crippen LogP) is 4.18. The van der Waals surface area contributed by atoms with Crippen LogP contribution < -0.4 is 10.6 Å². The van der Waals surface area contributed by atoms with Crippen molar-refractivity contribution in [3.8, 4) is 0 Å². The highest BCUT2D eigenvalue weighted by Crippen LogP contribution is 2.29. The van der Waals surface area contributed by atoms with Crippen LogP contribution in [0.4, 0.5) is 4.39 Å². The largest absolute Gasteiger partial charge is 0.316 e. The number of pyridine rings is 1. The first-order valence-corrected chi connectivity index (χ1v) is 8.98. The Morgan fingerprint density at radius 2 is 1.80 bits per heavy atom. The fourth-order valence-corrected chi connectivity index (χ4v) is 2.89. The normalized spacial score (nSPS) is 13.0. The van der Waals surface area contributed by atoms with Crippen molar-refractivity contribution in [2.45, 2.75) is 58.2 Å². The Bertz CT molecular complexity index is 635. The highest BCUT2D eigenvalue weighted by molar-refractivity contribution is 5.28. The van der Waals surface area contributed by atoms with E-state index < -0.39 is 0 Å². The smallest absolute Gasteiger partial charge is 0.141 e. The number of aromatic nitrogens is 1. The molecule has 0 saturated carbocycles. The third-order valence-electron chi connectivity index (χ3n) is 4.74. The predicted molar refractivity (Wildman–Crippen MR) is 102 cm³/mol. The Morgan fingerprint density at radius 3 is 2.40 bits per heavy atom. The Morgan fingerprint density at radius 1 is 1.08 bits per heavy atom. The van der Waals surface area contributed by atoms with Crippen molar-refractivity contribution in [2.75, 3.05) is 7.05 Å². The van der Waals surface area contributed by atoms with Gasteiger partial charge in [0.05, 0.1) is 11.9 Å². The summed E-state index contributed by atoms with van der Waals surface area (Å²) in [4.78, 5) is 4.09. The lowest BCUT2D eigenvalue weighted by Gasteiger charge is -2.27. The molecule has 136 valence electrons. The Kier molecular flexibility index (Phi) is 7.09. The second-order valence-corrected chi connectivity index (χ2v) is 7.40. The van der Waals surface area contributed by atoms with Crippen LogP contribution in [0.25, 0.3) is 0 Å². The molecule has 0 bridgehead atoms. The molecule has 0 spiro atoms. The molecule has 2 N–H and O–H groups in total. The van der Waals surface area contributed by atoms with Crippen molar-refractivity contribution in [2.24, 2.45) is 0 Å². The van der Waals surface area contributed by atoms with Gasteiger partial charge in [0, 0.05) is 19.1 Å². The van der Waals surface area contributed by atoms with Gasteiger partial charge < -0.3 is 10.6 Å². The van der Waals surface area contributed by atoms with Gasteiger partial charge in [-0.05, 0) is 55.5 Å². The Balaban J connectivity index is 1.82. The van der Waals surface area contributed by atoms with E-state index in [2.05, 4.69) is 60.7 Å². The zero-order valence-corrected chi connectivity index (χ0v) is 15.8. The maximum absolute atomic E-state index is 12.9. The van der Waals surface area contributed by atoms with E-state index in [9.17, 15) is 4.39 Å². The van der Waals surface area contributed by atoms with Crippen LogP contribution in [0, 0.1) is 5.82 Å². The van der Waals surface area contributed by atoms with Gasteiger partial charge in [-0.2, -0.15) is 0 Å². The van der Waals surface area contributed by atoms with E-state index in [-0.39, 0.29) is 11.2 Å². The Labute approximate surface area is 151 Å². The number of nitrogens with one attached hydrogen (secondary N) is 2. The average molecular weight is 343 g/mol. The molecule has 25 heavy (non-hydrogen) atoms. The first-order valence-electron chi connectivity index (χ1n) is 8.98. The van der Waals surface area contributed by atoms with Crippen molar-refractivity contribution < 1.29 is 4.39 Å². The summed E-state index contributed by atoms with van der Waals surface area (Å²) in [6.45, 7) is 8.36. The van der Waals surface area contributed by atoms with Gasteiger partial charge in [0.2, 0.25) is 0 Å². The highest BCUT2D eigenvalue weighted by atomic mass is 19.1. The molecule has 0 saturated heterocycles. The standard InChI is InChI=1S/C21H30FN3/c1-16(24-15-20-10-9-19(22)14-25-20)11-12-21(2,3)18-7-5-17(6-8-18)13-23-4/h5-10,14,16,23-24H,11-13,15H2,1-4H3. The monoisotopic (exact) mass is 343 g/mol. The molecule has 0 aliphatic rings. The molecule has 2 rings (SSSR count). The molecule has 3 nitrogen and oxygen atoms in total. The number of rotatable bonds is 9. The van der Waals surface area contributed by atoms with Crippen LogP contribution in [-0.4, -0.2) is 18.1 Å². The summed E-state index contributed by atoms with van der Waals surface area (Å²) >= 11 is 0. The van der Waals surface area contributed by atoms with Gasteiger partial charge in [0.25, 0.3) is 0 Å². The summed E-state index contributed by atoms with van der Waals surface area (Å²) in [5, 5.41) is 6.65. The van der Waals surface area contributed by atoms with Crippen LogP contribution in [0.3, 0.4) is 0 Å².